The molecule has 134 valence electrons. The first-order chi connectivity index (χ1) is 11.9. The van der Waals surface area contributed by atoms with E-state index in [1.54, 1.807) is 0 Å². The minimum atomic E-state index is -0.836. The summed E-state index contributed by atoms with van der Waals surface area (Å²) in [5.74, 6) is -1.94. The highest BCUT2D eigenvalue weighted by molar-refractivity contribution is 5.90. The van der Waals surface area contributed by atoms with Gasteiger partial charge in [-0.25, -0.2) is 13.6 Å². The third-order valence-corrected chi connectivity index (χ3v) is 4.09. The molecule has 0 aromatic heterocycles. The number of amides is 2. The summed E-state index contributed by atoms with van der Waals surface area (Å²) < 4.78 is 33.7. The van der Waals surface area contributed by atoms with Gasteiger partial charge in [-0.1, -0.05) is 5.18 Å². The van der Waals surface area contributed by atoms with Gasteiger partial charge < -0.3 is 15.0 Å². The summed E-state index contributed by atoms with van der Waals surface area (Å²) in [4.78, 5) is 35.7. The van der Waals surface area contributed by atoms with Crippen LogP contribution in [0, 0.1) is 16.5 Å². The van der Waals surface area contributed by atoms with E-state index in [2.05, 4.69) is 10.5 Å². The smallest absolute Gasteiger partial charge is 0.414 e. The molecule has 0 radical (unpaired) electrons. The van der Waals surface area contributed by atoms with Crippen molar-refractivity contribution in [3.8, 4) is 0 Å². The standard InChI is InChI=1S/C15H16F2N4O4/c1-8(22)18-4-11-7-21(15(23)25-11)10-2-12(16)14(13(17)3-10)20-5-9(6-20)19-24/h2-3,9,11H,4-7H2,1H3,(H,18,22)/t11-/m0/s1. The van der Waals surface area contributed by atoms with Gasteiger partial charge in [-0.15, -0.1) is 0 Å². The first-order valence-electron chi connectivity index (χ1n) is 7.68. The molecule has 1 aromatic rings. The molecule has 2 amide bonds. The number of hydrogen-bond acceptors (Lipinski definition) is 6. The fourth-order valence-corrected chi connectivity index (χ4v) is 2.81. The second kappa shape index (κ2) is 6.61. The predicted molar refractivity (Wildman–Crippen MR) is 84.5 cm³/mol. The maximum atomic E-state index is 14.3. The topological polar surface area (TPSA) is 91.3 Å². The van der Waals surface area contributed by atoms with Crippen molar-refractivity contribution in [2.75, 3.05) is 36.0 Å². The molecule has 3 rings (SSSR count). The van der Waals surface area contributed by atoms with Crippen molar-refractivity contribution in [2.45, 2.75) is 19.1 Å². The summed E-state index contributed by atoms with van der Waals surface area (Å²) in [6.45, 7) is 1.83. The van der Waals surface area contributed by atoms with Crippen molar-refractivity contribution in [1.82, 2.24) is 5.32 Å². The normalized spacial score (nSPS) is 20.3. The SMILES string of the molecule is CC(=O)NC[C@H]1CN(c2cc(F)c(N3CC(N=O)C3)c(F)c2)C(=O)O1. The van der Waals surface area contributed by atoms with Crippen molar-refractivity contribution in [3.05, 3.63) is 28.7 Å². The molecule has 0 aliphatic carbocycles. The van der Waals surface area contributed by atoms with E-state index in [1.165, 1.54) is 11.8 Å². The zero-order chi connectivity index (χ0) is 18.1. The molecule has 1 aromatic carbocycles. The lowest BCUT2D eigenvalue weighted by atomic mass is 10.1. The van der Waals surface area contributed by atoms with Gasteiger partial charge in [0.2, 0.25) is 5.91 Å². The van der Waals surface area contributed by atoms with Crippen LogP contribution >= 0.6 is 0 Å². The quantitative estimate of drug-likeness (QED) is 0.807. The molecule has 2 saturated heterocycles. The van der Waals surface area contributed by atoms with E-state index in [9.17, 15) is 23.3 Å². The number of anilines is 2. The Morgan fingerprint density at radius 1 is 1.32 bits per heavy atom. The maximum absolute atomic E-state index is 14.3. The van der Waals surface area contributed by atoms with Gasteiger partial charge in [-0.2, -0.15) is 4.91 Å². The molecule has 0 saturated carbocycles. The van der Waals surface area contributed by atoms with E-state index < -0.39 is 29.9 Å². The van der Waals surface area contributed by atoms with Gasteiger partial charge in [-0.05, 0) is 0 Å². The molecule has 0 bridgehead atoms. The minimum Gasteiger partial charge on any atom is -0.442 e. The Balaban J connectivity index is 1.74. The van der Waals surface area contributed by atoms with Crippen LogP contribution in [0.15, 0.2) is 17.3 Å². The third kappa shape index (κ3) is 3.37. The molecule has 2 heterocycles. The van der Waals surface area contributed by atoms with Gasteiger partial charge in [0.05, 0.1) is 18.8 Å². The molecule has 0 spiro atoms. The average Bonchev–Trinajstić information content (AvgIpc) is 2.87. The lowest BCUT2D eigenvalue weighted by Gasteiger charge is -2.37. The second-order valence-corrected chi connectivity index (χ2v) is 5.98. The number of nitroso groups, excluding NO2 is 1. The van der Waals surface area contributed by atoms with Gasteiger partial charge in [0.25, 0.3) is 0 Å². The van der Waals surface area contributed by atoms with Crippen LogP contribution in [0.25, 0.3) is 0 Å². The molecule has 2 aliphatic heterocycles. The van der Waals surface area contributed by atoms with Crippen LogP contribution in [-0.2, 0) is 9.53 Å². The zero-order valence-corrected chi connectivity index (χ0v) is 13.4. The van der Waals surface area contributed by atoms with E-state index in [4.69, 9.17) is 4.74 Å². The maximum Gasteiger partial charge on any atom is 0.414 e. The number of nitrogens with zero attached hydrogens (tertiary/aromatic N) is 3. The van der Waals surface area contributed by atoms with Crippen molar-refractivity contribution in [2.24, 2.45) is 5.18 Å². The number of ether oxygens (including phenoxy) is 1. The molecular formula is C15H16F2N4O4. The Hall–Kier alpha value is -2.78. The largest absolute Gasteiger partial charge is 0.442 e. The zero-order valence-electron chi connectivity index (χ0n) is 13.4. The van der Waals surface area contributed by atoms with Crippen LogP contribution in [0.3, 0.4) is 0 Å². The summed E-state index contributed by atoms with van der Waals surface area (Å²) in [6.07, 6.45) is -1.34. The van der Waals surface area contributed by atoms with Crippen molar-refractivity contribution < 1.29 is 23.1 Å². The van der Waals surface area contributed by atoms with Gasteiger partial charge in [0, 0.05) is 32.1 Å². The van der Waals surface area contributed by atoms with Crippen LogP contribution in [0.4, 0.5) is 25.0 Å². The molecule has 10 heteroatoms. The number of halogens is 2. The van der Waals surface area contributed by atoms with Crippen LogP contribution in [0.1, 0.15) is 6.92 Å². The van der Waals surface area contributed by atoms with E-state index in [-0.39, 0.29) is 43.5 Å². The number of carbonyl (C=O) groups is 2. The average molecular weight is 354 g/mol. The number of hydrogen-bond donors (Lipinski definition) is 1. The van der Waals surface area contributed by atoms with Crippen molar-refractivity contribution in [3.63, 3.8) is 0 Å². The van der Waals surface area contributed by atoms with Crippen LogP contribution < -0.4 is 15.1 Å². The highest BCUT2D eigenvalue weighted by atomic mass is 19.1. The molecule has 2 aliphatic rings. The highest BCUT2D eigenvalue weighted by Crippen LogP contribution is 2.33. The third-order valence-electron chi connectivity index (χ3n) is 4.09. The minimum absolute atomic E-state index is 0.0275. The Morgan fingerprint density at radius 3 is 2.52 bits per heavy atom. The van der Waals surface area contributed by atoms with Crippen molar-refractivity contribution >= 4 is 23.4 Å². The lowest BCUT2D eigenvalue weighted by molar-refractivity contribution is -0.119. The summed E-state index contributed by atoms with van der Waals surface area (Å²) in [5.41, 5.74) is -0.217. The highest BCUT2D eigenvalue weighted by Gasteiger charge is 2.35. The van der Waals surface area contributed by atoms with Gasteiger partial charge in [0.15, 0.2) is 11.6 Å². The lowest BCUT2D eigenvalue weighted by Crippen LogP contribution is -2.50. The molecule has 1 N–H and O–H groups in total. The fraction of sp³-hybridized carbons (Fsp3) is 0.467. The number of benzene rings is 1. The number of nitrogens with one attached hydrogen (secondary N) is 1. The summed E-state index contributed by atoms with van der Waals surface area (Å²) in [6, 6.07) is 1.62. The molecule has 0 unspecified atom stereocenters. The fourth-order valence-electron chi connectivity index (χ4n) is 2.81. The Labute approximate surface area is 141 Å². The van der Waals surface area contributed by atoms with E-state index in [0.717, 1.165) is 17.0 Å². The summed E-state index contributed by atoms with van der Waals surface area (Å²) in [7, 11) is 0. The Morgan fingerprint density at radius 2 is 1.96 bits per heavy atom. The number of carbonyl (C=O) groups excluding carboxylic acids is 2. The molecule has 2 fully saturated rings. The van der Waals surface area contributed by atoms with Gasteiger partial charge >= 0.3 is 6.09 Å². The van der Waals surface area contributed by atoms with Crippen LogP contribution in [-0.4, -0.2) is 50.3 Å². The Bertz CT molecular complexity index is 700. The Kier molecular flexibility index (Phi) is 4.51. The summed E-state index contributed by atoms with van der Waals surface area (Å²) in [5, 5.41) is 5.34. The molecule has 1 atom stereocenters. The van der Waals surface area contributed by atoms with E-state index in [1.807, 2.05) is 0 Å². The van der Waals surface area contributed by atoms with Gasteiger partial charge in [0.1, 0.15) is 17.8 Å². The number of rotatable bonds is 5. The molecular weight excluding hydrogens is 338 g/mol. The van der Waals surface area contributed by atoms with E-state index >= 15 is 0 Å². The summed E-state index contributed by atoms with van der Waals surface area (Å²) >= 11 is 0. The van der Waals surface area contributed by atoms with E-state index in [0.29, 0.717) is 0 Å². The second-order valence-electron chi connectivity index (χ2n) is 5.98. The molecule has 25 heavy (non-hydrogen) atoms. The van der Waals surface area contributed by atoms with Crippen molar-refractivity contribution in [1.29, 1.82) is 0 Å². The monoisotopic (exact) mass is 354 g/mol. The van der Waals surface area contributed by atoms with Gasteiger partial charge in [-0.3, -0.25) is 9.69 Å². The number of cyclic esters (lactones) is 1. The van der Waals surface area contributed by atoms with Crippen LogP contribution in [0.5, 0.6) is 0 Å². The van der Waals surface area contributed by atoms with Crippen LogP contribution in [0.2, 0.25) is 0 Å². The first kappa shape index (κ1) is 17.1. The molecule has 8 nitrogen and oxygen atoms in total. The predicted octanol–water partition coefficient (Wildman–Crippen LogP) is 1.38. The first-order valence-corrected chi connectivity index (χ1v) is 7.68.